The molecule has 13 heteroatoms. The number of sulfonamides is 1. The number of amides is 2. The highest BCUT2D eigenvalue weighted by Crippen LogP contribution is 2.40. The summed E-state index contributed by atoms with van der Waals surface area (Å²) < 4.78 is 27.6. The van der Waals surface area contributed by atoms with Crippen LogP contribution in [0.25, 0.3) is 5.65 Å². The summed E-state index contributed by atoms with van der Waals surface area (Å²) in [5.74, 6) is -0.936. The molecule has 0 saturated carbocycles. The molecule has 3 aromatic rings. The van der Waals surface area contributed by atoms with Gasteiger partial charge in [0.15, 0.2) is 5.65 Å². The third-order valence-electron chi connectivity index (χ3n) is 8.31. The van der Waals surface area contributed by atoms with Crippen LogP contribution in [0.5, 0.6) is 0 Å². The topological polar surface area (TPSA) is 146 Å². The van der Waals surface area contributed by atoms with E-state index in [4.69, 9.17) is 15.8 Å². The lowest BCUT2D eigenvalue weighted by Gasteiger charge is -2.36. The number of aryl methyl sites for hydroxylation is 2. The number of benzene rings is 1. The minimum Gasteiger partial charge on any atom is -0.355 e. The van der Waals surface area contributed by atoms with Gasteiger partial charge < -0.3 is 20.9 Å². The summed E-state index contributed by atoms with van der Waals surface area (Å²) in [6.45, 7) is 5.47. The Balaban J connectivity index is 1.44. The first-order chi connectivity index (χ1) is 19.3. The van der Waals surface area contributed by atoms with Gasteiger partial charge in [0.25, 0.3) is 5.91 Å². The van der Waals surface area contributed by atoms with E-state index in [0.717, 1.165) is 40.8 Å². The SMILES string of the molecule is Cc1cn2nc([C@H](C)N(C)C(=O)C3(NC(=O)CS(=O)(=O)N(C)C)CCc4ccccc43)cc2nc1N1CC[C@H](N)C1. The van der Waals surface area contributed by atoms with Crippen LogP contribution in [-0.4, -0.2) is 90.1 Å². The number of hydrogen-bond acceptors (Lipinski definition) is 8. The highest BCUT2D eigenvalue weighted by Gasteiger charge is 2.49. The first kappa shape index (κ1) is 29.0. The Labute approximate surface area is 240 Å². The number of aromatic nitrogens is 3. The van der Waals surface area contributed by atoms with Crippen LogP contribution in [0.15, 0.2) is 36.5 Å². The van der Waals surface area contributed by atoms with Crippen LogP contribution in [0, 0.1) is 6.92 Å². The normalized spacial score (nSPS) is 21.3. The number of nitrogens with one attached hydrogen (secondary N) is 1. The fourth-order valence-corrected chi connectivity index (χ4v) is 6.45. The second-order valence-corrected chi connectivity index (χ2v) is 13.5. The minimum absolute atomic E-state index is 0.129. The lowest BCUT2D eigenvalue weighted by atomic mass is 9.89. The van der Waals surface area contributed by atoms with Crippen molar-refractivity contribution < 1.29 is 18.0 Å². The van der Waals surface area contributed by atoms with Crippen molar-refractivity contribution in [3.63, 3.8) is 0 Å². The molecule has 41 heavy (non-hydrogen) atoms. The molecule has 5 rings (SSSR count). The predicted molar refractivity (Wildman–Crippen MR) is 156 cm³/mol. The van der Waals surface area contributed by atoms with Gasteiger partial charge in [-0.25, -0.2) is 22.2 Å². The van der Waals surface area contributed by atoms with Gasteiger partial charge in [-0.05, 0) is 44.2 Å². The van der Waals surface area contributed by atoms with Gasteiger partial charge in [-0.3, -0.25) is 9.59 Å². The molecule has 12 nitrogen and oxygen atoms in total. The van der Waals surface area contributed by atoms with Gasteiger partial charge in [-0.2, -0.15) is 5.10 Å². The van der Waals surface area contributed by atoms with Crippen molar-refractivity contribution in [2.45, 2.75) is 50.7 Å². The Kier molecular flexibility index (Phi) is 7.55. The molecule has 3 heterocycles. The van der Waals surface area contributed by atoms with Gasteiger partial charge in [0.2, 0.25) is 15.9 Å². The van der Waals surface area contributed by atoms with E-state index in [0.29, 0.717) is 29.7 Å². The summed E-state index contributed by atoms with van der Waals surface area (Å²) in [6, 6.07) is 8.99. The van der Waals surface area contributed by atoms with Crippen LogP contribution in [0.3, 0.4) is 0 Å². The summed E-state index contributed by atoms with van der Waals surface area (Å²) in [5.41, 5.74) is 8.63. The zero-order valence-corrected chi connectivity index (χ0v) is 25.0. The van der Waals surface area contributed by atoms with Crippen molar-refractivity contribution in [1.82, 2.24) is 29.1 Å². The molecule has 2 aliphatic rings. The molecule has 0 bridgehead atoms. The maximum Gasteiger partial charge on any atom is 0.253 e. The van der Waals surface area contributed by atoms with E-state index in [9.17, 15) is 18.0 Å². The lowest BCUT2D eigenvalue weighted by molar-refractivity contribution is -0.142. The van der Waals surface area contributed by atoms with Crippen LogP contribution in [0.2, 0.25) is 0 Å². The Morgan fingerprint density at radius 3 is 2.66 bits per heavy atom. The van der Waals surface area contributed by atoms with E-state index in [2.05, 4.69) is 10.2 Å². The first-order valence-electron chi connectivity index (χ1n) is 13.8. The molecule has 3 atom stereocenters. The van der Waals surface area contributed by atoms with E-state index in [-0.39, 0.29) is 11.9 Å². The Bertz CT molecular complexity index is 1600. The van der Waals surface area contributed by atoms with Crippen LogP contribution < -0.4 is 16.0 Å². The van der Waals surface area contributed by atoms with E-state index in [1.165, 1.54) is 14.1 Å². The molecule has 0 radical (unpaired) electrons. The Morgan fingerprint density at radius 2 is 1.98 bits per heavy atom. The number of hydrogen-bond donors (Lipinski definition) is 2. The Morgan fingerprint density at radius 1 is 1.24 bits per heavy atom. The molecule has 1 saturated heterocycles. The van der Waals surface area contributed by atoms with Crippen LogP contribution in [0.1, 0.15) is 48.2 Å². The van der Waals surface area contributed by atoms with E-state index in [1.807, 2.05) is 50.4 Å². The zero-order chi connectivity index (χ0) is 29.7. The number of carbonyl (C=O) groups is 2. The molecular formula is C28H38N8O4S. The van der Waals surface area contributed by atoms with Crippen LogP contribution in [0.4, 0.5) is 5.82 Å². The van der Waals surface area contributed by atoms with Crippen molar-refractivity contribution in [3.05, 3.63) is 58.9 Å². The average molecular weight is 583 g/mol. The number of nitrogens with zero attached hydrogens (tertiary/aromatic N) is 6. The second-order valence-electron chi connectivity index (χ2n) is 11.4. The summed E-state index contributed by atoms with van der Waals surface area (Å²) in [7, 11) is 0.611. The molecule has 1 aliphatic heterocycles. The number of fused-ring (bicyclic) bond motifs is 2. The van der Waals surface area contributed by atoms with Crippen LogP contribution >= 0.6 is 0 Å². The molecule has 2 aromatic heterocycles. The lowest BCUT2D eigenvalue weighted by Crippen LogP contribution is -2.57. The van der Waals surface area contributed by atoms with Crippen molar-refractivity contribution >= 4 is 33.3 Å². The Hall–Kier alpha value is -3.55. The third kappa shape index (κ3) is 5.29. The average Bonchev–Trinajstić information content (AvgIpc) is 3.64. The second kappa shape index (κ2) is 10.7. The number of nitrogens with two attached hydrogens (primary N) is 1. The fraction of sp³-hybridized carbons (Fsp3) is 0.500. The summed E-state index contributed by atoms with van der Waals surface area (Å²) in [4.78, 5) is 36.0. The summed E-state index contributed by atoms with van der Waals surface area (Å²) in [6.07, 6.45) is 3.75. The molecule has 1 aliphatic carbocycles. The summed E-state index contributed by atoms with van der Waals surface area (Å²) in [5, 5.41) is 7.56. The highest BCUT2D eigenvalue weighted by atomic mass is 32.2. The molecule has 1 aromatic carbocycles. The van der Waals surface area contributed by atoms with E-state index >= 15 is 0 Å². The van der Waals surface area contributed by atoms with Gasteiger partial charge in [0.05, 0.1) is 11.7 Å². The molecule has 0 spiro atoms. The maximum absolute atomic E-state index is 14.3. The first-order valence-corrected chi connectivity index (χ1v) is 15.4. The third-order valence-corrected chi connectivity index (χ3v) is 10.1. The van der Waals surface area contributed by atoms with Gasteiger partial charge in [0, 0.05) is 58.1 Å². The zero-order valence-electron chi connectivity index (χ0n) is 24.2. The number of rotatable bonds is 8. The molecule has 1 unspecified atom stereocenters. The van der Waals surface area contributed by atoms with Gasteiger partial charge in [-0.1, -0.05) is 24.3 Å². The quantitative estimate of drug-likeness (QED) is 0.399. The molecule has 3 N–H and O–H groups in total. The van der Waals surface area contributed by atoms with Gasteiger partial charge in [0.1, 0.15) is 17.1 Å². The van der Waals surface area contributed by atoms with E-state index < -0.39 is 33.3 Å². The highest BCUT2D eigenvalue weighted by molar-refractivity contribution is 7.89. The van der Waals surface area contributed by atoms with Crippen molar-refractivity contribution in [1.29, 1.82) is 0 Å². The summed E-state index contributed by atoms with van der Waals surface area (Å²) >= 11 is 0. The standard InChI is InChI=1S/C28H38N8O4S/c1-18-15-36-24(30-26(18)35-13-11-21(29)16-35)14-23(32-36)19(2)34(5)27(38)28(12-10-20-8-6-7-9-22(20)28)31-25(37)17-41(39,40)33(3)4/h6-9,14-15,19,21H,10-13,16-17,29H2,1-5H3,(H,31,37)/t19-,21-,28?/m0/s1. The fourth-order valence-electron chi connectivity index (χ4n) is 5.78. The molecular weight excluding hydrogens is 544 g/mol. The monoisotopic (exact) mass is 582 g/mol. The number of carbonyl (C=O) groups excluding carboxylic acids is 2. The largest absolute Gasteiger partial charge is 0.355 e. The minimum atomic E-state index is -3.81. The van der Waals surface area contributed by atoms with E-state index in [1.54, 1.807) is 16.5 Å². The predicted octanol–water partition coefficient (Wildman–Crippen LogP) is 0.944. The molecule has 1 fully saturated rings. The van der Waals surface area contributed by atoms with Gasteiger partial charge in [-0.15, -0.1) is 0 Å². The maximum atomic E-state index is 14.3. The van der Waals surface area contributed by atoms with Crippen molar-refractivity contribution in [2.24, 2.45) is 5.73 Å². The van der Waals surface area contributed by atoms with Crippen molar-refractivity contribution in [2.75, 3.05) is 44.9 Å². The smallest absolute Gasteiger partial charge is 0.253 e. The molecule has 220 valence electrons. The van der Waals surface area contributed by atoms with Crippen LogP contribution in [-0.2, 0) is 31.6 Å². The van der Waals surface area contributed by atoms with Crippen molar-refractivity contribution in [3.8, 4) is 0 Å². The van der Waals surface area contributed by atoms with Gasteiger partial charge >= 0.3 is 0 Å². The number of anilines is 1. The molecule has 2 amide bonds. The number of likely N-dealkylation sites (N-methyl/N-ethyl adjacent to an activating group) is 1.